The van der Waals surface area contributed by atoms with Gasteiger partial charge in [-0.3, -0.25) is 9.59 Å². The molecule has 0 bridgehead atoms. The van der Waals surface area contributed by atoms with Crippen molar-refractivity contribution in [2.45, 2.75) is 33.5 Å². The van der Waals surface area contributed by atoms with Gasteiger partial charge in [0.15, 0.2) is 0 Å². The highest BCUT2D eigenvalue weighted by atomic mass is 32.1. The minimum Gasteiger partial charge on any atom is -0.370 e. The van der Waals surface area contributed by atoms with Crippen molar-refractivity contribution in [2.24, 2.45) is 5.92 Å². The first-order valence-electron chi connectivity index (χ1n) is 9.67. The molecule has 1 atom stereocenters. The number of hydrogen-bond acceptors (Lipinski definition) is 5. The predicted molar refractivity (Wildman–Crippen MR) is 109 cm³/mol. The summed E-state index contributed by atoms with van der Waals surface area (Å²) in [7, 11) is 0. The van der Waals surface area contributed by atoms with Crippen molar-refractivity contribution in [3.63, 3.8) is 0 Å². The fourth-order valence-electron chi connectivity index (χ4n) is 3.30. The summed E-state index contributed by atoms with van der Waals surface area (Å²) in [6.45, 7) is 7.18. The average molecular weight is 420 g/mol. The van der Waals surface area contributed by atoms with Crippen molar-refractivity contribution in [1.29, 1.82) is 0 Å². The van der Waals surface area contributed by atoms with Gasteiger partial charge in [-0.05, 0) is 18.9 Å². The van der Waals surface area contributed by atoms with Gasteiger partial charge in [0, 0.05) is 30.6 Å². The lowest BCUT2D eigenvalue weighted by Gasteiger charge is -2.26. The molecule has 1 aliphatic heterocycles. The predicted octanol–water partition coefficient (Wildman–Crippen LogP) is 3.12. The molecular weight excluding hydrogens is 393 g/mol. The van der Waals surface area contributed by atoms with E-state index >= 15 is 0 Å². The third-order valence-corrected chi connectivity index (χ3v) is 5.44. The van der Waals surface area contributed by atoms with Crippen molar-refractivity contribution in [3.05, 3.63) is 51.7 Å². The number of benzene rings is 1. The molecule has 8 heteroatoms. The van der Waals surface area contributed by atoms with Gasteiger partial charge in [-0.1, -0.05) is 32.0 Å². The normalized spacial score (nSPS) is 17.7. The van der Waals surface area contributed by atoms with E-state index in [1.54, 1.807) is 28.5 Å². The molecule has 1 saturated heterocycles. The highest BCUT2D eigenvalue weighted by molar-refractivity contribution is 7.09. The van der Waals surface area contributed by atoms with Crippen LogP contribution in [0.3, 0.4) is 0 Å². The second kappa shape index (κ2) is 9.45. The number of ether oxygens (including phenoxy) is 1. The Balaban J connectivity index is 1.77. The van der Waals surface area contributed by atoms with Gasteiger partial charge in [0.2, 0.25) is 5.91 Å². The molecule has 1 fully saturated rings. The van der Waals surface area contributed by atoms with Crippen LogP contribution in [0.15, 0.2) is 29.6 Å². The van der Waals surface area contributed by atoms with Gasteiger partial charge in [-0.15, -0.1) is 11.3 Å². The maximum atomic E-state index is 13.9. The summed E-state index contributed by atoms with van der Waals surface area (Å²) in [6.07, 6.45) is -0.413. The number of carbonyl (C=O) groups is 2. The van der Waals surface area contributed by atoms with E-state index in [0.717, 1.165) is 5.01 Å². The van der Waals surface area contributed by atoms with Crippen molar-refractivity contribution in [3.8, 4) is 0 Å². The molecule has 0 radical (unpaired) electrons. The number of thiazole rings is 1. The SMILES string of the molecule is Cc1nc(C(=O)N2CC(=O)N(CC(C)C)C[C@@H](OCc3ccccc3F)C2)cs1. The van der Waals surface area contributed by atoms with E-state index in [1.165, 1.54) is 22.3 Å². The van der Waals surface area contributed by atoms with Crippen LogP contribution in [0.2, 0.25) is 0 Å². The summed E-state index contributed by atoms with van der Waals surface area (Å²) < 4.78 is 19.9. The first kappa shape index (κ1) is 21.4. The summed E-state index contributed by atoms with van der Waals surface area (Å²) >= 11 is 1.39. The van der Waals surface area contributed by atoms with E-state index in [9.17, 15) is 14.0 Å². The lowest BCUT2D eigenvalue weighted by Crippen LogP contribution is -2.40. The van der Waals surface area contributed by atoms with Gasteiger partial charge in [-0.2, -0.15) is 0 Å². The Kier molecular flexibility index (Phi) is 6.97. The van der Waals surface area contributed by atoms with Gasteiger partial charge >= 0.3 is 0 Å². The topological polar surface area (TPSA) is 62.7 Å². The zero-order valence-electron chi connectivity index (χ0n) is 16.9. The quantitative estimate of drug-likeness (QED) is 0.722. The second-order valence-corrected chi connectivity index (χ2v) is 8.72. The molecule has 2 heterocycles. The van der Waals surface area contributed by atoms with Crippen molar-refractivity contribution < 1.29 is 18.7 Å². The minimum atomic E-state index is -0.413. The summed E-state index contributed by atoms with van der Waals surface area (Å²) in [6, 6.07) is 6.44. The fraction of sp³-hybridized carbons (Fsp3) is 0.476. The van der Waals surface area contributed by atoms with Crippen molar-refractivity contribution in [2.75, 3.05) is 26.2 Å². The number of aryl methyl sites for hydroxylation is 1. The van der Waals surface area contributed by atoms with Crippen LogP contribution >= 0.6 is 11.3 Å². The number of hydrogen-bond donors (Lipinski definition) is 0. The number of nitrogens with zero attached hydrogens (tertiary/aromatic N) is 3. The highest BCUT2D eigenvalue weighted by Crippen LogP contribution is 2.17. The van der Waals surface area contributed by atoms with Crippen molar-refractivity contribution in [1.82, 2.24) is 14.8 Å². The monoisotopic (exact) mass is 419 g/mol. The fourth-order valence-corrected chi connectivity index (χ4v) is 3.89. The Morgan fingerprint density at radius 3 is 2.76 bits per heavy atom. The van der Waals surface area contributed by atoms with Crippen LogP contribution in [0.5, 0.6) is 0 Å². The molecule has 156 valence electrons. The molecule has 1 aromatic carbocycles. The van der Waals surface area contributed by atoms with E-state index in [0.29, 0.717) is 24.3 Å². The standard InChI is InChI=1S/C21H26FN3O3S/c1-14(2)8-24-9-17(28-12-16-6-4-5-7-18(16)22)10-25(11-20(24)26)21(27)19-13-29-15(3)23-19/h4-7,13-14,17H,8-12H2,1-3H3/t17-/m1/s1. The second-order valence-electron chi connectivity index (χ2n) is 7.65. The molecule has 0 N–H and O–H groups in total. The first-order valence-corrected chi connectivity index (χ1v) is 10.6. The van der Waals surface area contributed by atoms with Crippen LogP contribution < -0.4 is 0 Å². The van der Waals surface area contributed by atoms with Crippen LogP contribution in [0.4, 0.5) is 4.39 Å². The zero-order valence-corrected chi connectivity index (χ0v) is 17.7. The lowest BCUT2D eigenvalue weighted by molar-refractivity contribution is -0.132. The molecule has 0 unspecified atom stereocenters. The maximum Gasteiger partial charge on any atom is 0.273 e. The minimum absolute atomic E-state index is 0.0122. The molecule has 0 saturated carbocycles. The molecule has 3 rings (SSSR count). The van der Waals surface area contributed by atoms with E-state index in [4.69, 9.17) is 4.74 Å². The van der Waals surface area contributed by atoms with E-state index < -0.39 is 6.10 Å². The molecule has 2 amide bonds. The van der Waals surface area contributed by atoms with E-state index in [1.807, 2.05) is 20.8 Å². The third-order valence-electron chi connectivity index (χ3n) is 4.67. The lowest BCUT2D eigenvalue weighted by atomic mass is 10.2. The molecule has 1 aliphatic rings. The van der Waals surface area contributed by atoms with Gasteiger partial charge in [-0.25, -0.2) is 9.37 Å². The van der Waals surface area contributed by atoms with Crippen LogP contribution in [-0.2, 0) is 16.1 Å². The summed E-state index contributed by atoms with van der Waals surface area (Å²) in [4.78, 5) is 33.1. The largest absolute Gasteiger partial charge is 0.370 e. The summed E-state index contributed by atoms with van der Waals surface area (Å²) in [5.41, 5.74) is 0.789. The Hall–Kier alpha value is -2.32. The number of rotatable bonds is 6. The third kappa shape index (κ3) is 5.61. The Morgan fingerprint density at radius 2 is 2.10 bits per heavy atom. The van der Waals surface area contributed by atoms with Gasteiger partial charge in [0.1, 0.15) is 18.1 Å². The van der Waals surface area contributed by atoms with E-state index in [-0.39, 0.29) is 43.2 Å². The van der Waals surface area contributed by atoms with Crippen LogP contribution in [0.25, 0.3) is 0 Å². The van der Waals surface area contributed by atoms with Crippen LogP contribution in [-0.4, -0.2) is 58.9 Å². The first-order chi connectivity index (χ1) is 13.8. The summed E-state index contributed by atoms with van der Waals surface area (Å²) in [5.74, 6) is -0.443. The Bertz CT molecular complexity index is 870. The van der Waals surface area contributed by atoms with Crippen LogP contribution in [0, 0.1) is 18.7 Å². The number of amides is 2. The smallest absolute Gasteiger partial charge is 0.273 e. The zero-order chi connectivity index (χ0) is 21.0. The van der Waals surface area contributed by atoms with Crippen molar-refractivity contribution >= 4 is 23.2 Å². The van der Waals surface area contributed by atoms with Crippen LogP contribution in [0.1, 0.15) is 34.9 Å². The molecular formula is C21H26FN3O3S. The Morgan fingerprint density at radius 1 is 1.34 bits per heavy atom. The molecule has 0 aliphatic carbocycles. The molecule has 29 heavy (non-hydrogen) atoms. The van der Waals surface area contributed by atoms with Gasteiger partial charge in [0.25, 0.3) is 5.91 Å². The van der Waals surface area contributed by atoms with Gasteiger partial charge in [0.05, 0.1) is 17.7 Å². The molecule has 6 nitrogen and oxygen atoms in total. The molecule has 1 aromatic heterocycles. The molecule has 2 aromatic rings. The maximum absolute atomic E-state index is 13.9. The number of carbonyl (C=O) groups excluding carboxylic acids is 2. The van der Waals surface area contributed by atoms with Gasteiger partial charge < -0.3 is 14.5 Å². The highest BCUT2D eigenvalue weighted by Gasteiger charge is 2.32. The molecule has 0 spiro atoms. The van der Waals surface area contributed by atoms with E-state index in [2.05, 4.69) is 4.98 Å². The number of halogens is 1. The average Bonchev–Trinajstić information content (AvgIpc) is 3.04. The number of aromatic nitrogens is 1. The summed E-state index contributed by atoms with van der Waals surface area (Å²) in [5, 5.41) is 2.50. The Labute approximate surface area is 174 Å².